The number of aryl methyl sites for hydroxylation is 2. The normalized spacial score (nSPS) is 11.1. The van der Waals surface area contributed by atoms with E-state index in [1.807, 2.05) is 26.1 Å². The lowest BCUT2D eigenvalue weighted by molar-refractivity contribution is 0.0779. The lowest BCUT2D eigenvalue weighted by Gasteiger charge is -2.16. The molecule has 0 radical (unpaired) electrons. The molecule has 0 unspecified atom stereocenters. The maximum atomic E-state index is 13.1. The van der Waals surface area contributed by atoms with Crippen LogP contribution < -0.4 is 0 Å². The van der Waals surface area contributed by atoms with Crippen LogP contribution in [0.15, 0.2) is 48.8 Å². The number of amides is 1. The molecule has 0 bridgehead atoms. The van der Waals surface area contributed by atoms with E-state index in [2.05, 4.69) is 15.2 Å². The van der Waals surface area contributed by atoms with Gasteiger partial charge in [0.15, 0.2) is 5.65 Å². The molecule has 0 N–H and O–H groups in total. The second-order valence-corrected chi connectivity index (χ2v) is 6.77. The highest BCUT2D eigenvalue weighted by Gasteiger charge is 2.17. The van der Waals surface area contributed by atoms with Crippen molar-refractivity contribution in [2.24, 2.45) is 0 Å². The Morgan fingerprint density at radius 3 is 2.68 bits per heavy atom. The van der Waals surface area contributed by atoms with Gasteiger partial charge >= 0.3 is 0 Å². The Morgan fingerprint density at radius 2 is 1.93 bits per heavy atom. The van der Waals surface area contributed by atoms with E-state index in [0.29, 0.717) is 17.9 Å². The molecule has 0 fully saturated rings. The first kappa shape index (κ1) is 17.8. The van der Waals surface area contributed by atoms with E-state index in [1.54, 1.807) is 45.5 Å². The highest BCUT2D eigenvalue weighted by Crippen LogP contribution is 2.14. The molecule has 0 spiro atoms. The third-order valence-electron chi connectivity index (χ3n) is 4.44. The van der Waals surface area contributed by atoms with Gasteiger partial charge in [0.1, 0.15) is 11.5 Å². The van der Waals surface area contributed by atoms with E-state index in [1.165, 1.54) is 12.1 Å². The van der Waals surface area contributed by atoms with Gasteiger partial charge in [-0.1, -0.05) is 0 Å². The summed E-state index contributed by atoms with van der Waals surface area (Å²) in [7, 11) is 1.72. The fourth-order valence-corrected chi connectivity index (χ4v) is 3.07. The Kier molecular flexibility index (Phi) is 4.38. The summed E-state index contributed by atoms with van der Waals surface area (Å²) >= 11 is 0. The van der Waals surface area contributed by atoms with E-state index in [0.717, 1.165) is 22.6 Å². The first-order valence-corrected chi connectivity index (χ1v) is 8.80. The topological polar surface area (TPSA) is 68.3 Å². The van der Waals surface area contributed by atoms with E-state index in [9.17, 15) is 9.18 Å². The van der Waals surface area contributed by atoms with Gasteiger partial charge < -0.3 is 4.90 Å². The zero-order valence-electron chi connectivity index (χ0n) is 15.8. The molecule has 8 heteroatoms. The van der Waals surface area contributed by atoms with Gasteiger partial charge in [0, 0.05) is 37.1 Å². The van der Waals surface area contributed by atoms with Crippen molar-refractivity contribution in [2.75, 3.05) is 7.05 Å². The summed E-state index contributed by atoms with van der Waals surface area (Å²) < 4.78 is 16.4. The zero-order valence-corrected chi connectivity index (χ0v) is 15.8. The van der Waals surface area contributed by atoms with Gasteiger partial charge in [-0.15, -0.1) is 0 Å². The highest BCUT2D eigenvalue weighted by atomic mass is 19.1. The largest absolute Gasteiger partial charge is 0.336 e. The molecular weight excluding hydrogens is 359 g/mol. The van der Waals surface area contributed by atoms with Crippen molar-refractivity contribution in [2.45, 2.75) is 20.4 Å². The maximum Gasteiger partial charge on any atom is 0.272 e. The molecule has 0 saturated heterocycles. The minimum atomic E-state index is -0.297. The van der Waals surface area contributed by atoms with Crippen LogP contribution in [0.5, 0.6) is 0 Å². The summed E-state index contributed by atoms with van der Waals surface area (Å²) in [6.07, 6.45) is 3.51. The van der Waals surface area contributed by atoms with Gasteiger partial charge in [-0.05, 0) is 44.2 Å². The van der Waals surface area contributed by atoms with Gasteiger partial charge in [0.05, 0.1) is 17.6 Å². The van der Waals surface area contributed by atoms with Gasteiger partial charge in [-0.25, -0.2) is 18.6 Å². The molecule has 3 aromatic heterocycles. The molecule has 28 heavy (non-hydrogen) atoms. The molecule has 0 saturated carbocycles. The van der Waals surface area contributed by atoms with E-state index < -0.39 is 0 Å². The first-order valence-electron chi connectivity index (χ1n) is 8.80. The van der Waals surface area contributed by atoms with Crippen molar-refractivity contribution in [3.63, 3.8) is 0 Å². The van der Waals surface area contributed by atoms with Crippen molar-refractivity contribution >= 4 is 11.6 Å². The molecular formula is C20H19FN6O. The van der Waals surface area contributed by atoms with E-state index >= 15 is 0 Å². The van der Waals surface area contributed by atoms with E-state index in [4.69, 9.17) is 0 Å². The average molecular weight is 378 g/mol. The van der Waals surface area contributed by atoms with Gasteiger partial charge in [0.25, 0.3) is 5.91 Å². The zero-order chi connectivity index (χ0) is 19.8. The van der Waals surface area contributed by atoms with Crippen molar-refractivity contribution < 1.29 is 9.18 Å². The van der Waals surface area contributed by atoms with Crippen molar-refractivity contribution in [1.29, 1.82) is 0 Å². The number of carbonyl (C=O) groups excluding carboxylic acids is 1. The van der Waals surface area contributed by atoms with Crippen LogP contribution in [-0.2, 0) is 6.54 Å². The van der Waals surface area contributed by atoms with Gasteiger partial charge in [-0.2, -0.15) is 10.2 Å². The Hall–Kier alpha value is -3.55. The lowest BCUT2D eigenvalue weighted by atomic mass is 10.2. The number of benzene rings is 1. The van der Waals surface area contributed by atoms with Crippen LogP contribution in [-0.4, -0.2) is 42.2 Å². The molecule has 1 aromatic carbocycles. The Bertz CT molecular complexity index is 1160. The molecule has 0 atom stereocenters. The van der Waals surface area contributed by atoms with Gasteiger partial charge in [0.2, 0.25) is 0 Å². The number of halogens is 1. The third kappa shape index (κ3) is 3.36. The number of carbonyl (C=O) groups is 1. The summed E-state index contributed by atoms with van der Waals surface area (Å²) in [4.78, 5) is 18.9. The number of nitrogens with zero attached hydrogens (tertiary/aromatic N) is 6. The molecule has 3 heterocycles. The minimum absolute atomic E-state index is 0.181. The predicted octanol–water partition coefficient (Wildman–Crippen LogP) is 2.94. The van der Waals surface area contributed by atoms with E-state index in [-0.39, 0.29) is 11.7 Å². The molecule has 4 aromatic rings. The predicted molar refractivity (Wildman–Crippen MR) is 102 cm³/mol. The number of rotatable bonds is 4. The molecule has 4 rings (SSSR count). The summed E-state index contributed by atoms with van der Waals surface area (Å²) in [5, 5.41) is 8.65. The Balaban J connectivity index is 1.53. The standard InChI is InChI=1S/C20H19FN6O/c1-13-8-19-23-18(9-14(2)27(19)24-13)20(28)25(3)11-15-10-22-26(12-15)17-6-4-16(21)5-7-17/h4-10,12H,11H2,1-3H3. The second kappa shape index (κ2) is 6.88. The third-order valence-corrected chi connectivity index (χ3v) is 4.44. The van der Waals surface area contributed by atoms with Crippen LogP contribution in [0.1, 0.15) is 27.4 Å². The minimum Gasteiger partial charge on any atom is -0.336 e. The van der Waals surface area contributed by atoms with Crippen LogP contribution in [0.3, 0.4) is 0 Å². The quantitative estimate of drug-likeness (QED) is 0.548. The molecule has 0 aliphatic heterocycles. The van der Waals surface area contributed by atoms with Crippen LogP contribution >= 0.6 is 0 Å². The van der Waals surface area contributed by atoms with Crippen LogP contribution in [0, 0.1) is 19.7 Å². The molecule has 7 nitrogen and oxygen atoms in total. The molecule has 0 aliphatic carbocycles. The molecule has 0 aliphatic rings. The Labute approximate surface area is 161 Å². The maximum absolute atomic E-state index is 13.1. The second-order valence-electron chi connectivity index (χ2n) is 6.77. The number of hydrogen-bond acceptors (Lipinski definition) is 4. The number of hydrogen-bond donors (Lipinski definition) is 0. The Morgan fingerprint density at radius 1 is 1.18 bits per heavy atom. The monoisotopic (exact) mass is 378 g/mol. The fraction of sp³-hybridized carbons (Fsp3) is 0.200. The molecule has 1 amide bonds. The summed E-state index contributed by atoms with van der Waals surface area (Å²) in [5.41, 5.74) is 4.33. The van der Waals surface area contributed by atoms with Crippen molar-refractivity contribution in [1.82, 2.24) is 29.3 Å². The summed E-state index contributed by atoms with van der Waals surface area (Å²) in [6, 6.07) is 9.65. The molecule has 142 valence electrons. The average Bonchev–Trinajstić information content (AvgIpc) is 3.28. The first-order chi connectivity index (χ1) is 13.4. The van der Waals surface area contributed by atoms with Crippen molar-refractivity contribution in [3.8, 4) is 5.69 Å². The number of aromatic nitrogens is 5. The van der Waals surface area contributed by atoms with Crippen LogP contribution in [0.2, 0.25) is 0 Å². The van der Waals surface area contributed by atoms with Crippen LogP contribution in [0.25, 0.3) is 11.3 Å². The fourth-order valence-electron chi connectivity index (χ4n) is 3.07. The van der Waals surface area contributed by atoms with Crippen molar-refractivity contribution in [3.05, 3.63) is 77.3 Å². The SMILES string of the molecule is Cc1cc2nc(C(=O)N(C)Cc3cnn(-c4ccc(F)cc4)c3)cc(C)n2n1. The summed E-state index contributed by atoms with van der Waals surface area (Å²) in [6.45, 7) is 4.16. The van der Waals surface area contributed by atoms with Gasteiger partial charge in [-0.3, -0.25) is 4.79 Å². The van der Waals surface area contributed by atoms with Crippen LogP contribution in [0.4, 0.5) is 4.39 Å². The lowest BCUT2D eigenvalue weighted by Crippen LogP contribution is -2.27. The smallest absolute Gasteiger partial charge is 0.272 e. The summed E-state index contributed by atoms with van der Waals surface area (Å²) in [5.74, 6) is -0.478. The number of fused-ring (bicyclic) bond motifs is 1. The highest BCUT2D eigenvalue weighted by molar-refractivity contribution is 5.92.